The Morgan fingerprint density at radius 2 is 1.76 bits per heavy atom. The summed E-state index contributed by atoms with van der Waals surface area (Å²) in [5, 5.41) is 6.95. The summed E-state index contributed by atoms with van der Waals surface area (Å²) in [6.45, 7) is 6.26. The predicted octanol–water partition coefficient (Wildman–Crippen LogP) is 3.43. The number of amides is 1. The Bertz CT molecular complexity index is 815. The van der Waals surface area contributed by atoms with E-state index in [1.807, 2.05) is 61.5 Å². The van der Waals surface area contributed by atoms with E-state index in [1.54, 1.807) is 0 Å². The molecule has 1 amide bonds. The van der Waals surface area contributed by atoms with E-state index in [1.165, 1.54) is 0 Å². The molecule has 0 aliphatic carbocycles. The highest BCUT2D eigenvalue weighted by Crippen LogP contribution is 2.24. The van der Waals surface area contributed by atoms with E-state index in [0.29, 0.717) is 18.3 Å². The van der Waals surface area contributed by atoms with E-state index in [9.17, 15) is 4.79 Å². The number of nitrogens with zero attached hydrogens (tertiary/aromatic N) is 2. The number of thiocarbonyl (C=S) groups is 1. The van der Waals surface area contributed by atoms with E-state index >= 15 is 0 Å². The molecule has 0 unspecified atom stereocenters. The predicted molar refractivity (Wildman–Crippen MR) is 122 cm³/mol. The average molecular weight is 413 g/mol. The Labute approximate surface area is 177 Å². The highest BCUT2D eigenvalue weighted by atomic mass is 32.1. The van der Waals surface area contributed by atoms with Gasteiger partial charge >= 0.3 is 0 Å². The van der Waals surface area contributed by atoms with Crippen molar-refractivity contribution in [1.82, 2.24) is 9.80 Å². The summed E-state index contributed by atoms with van der Waals surface area (Å²) in [4.78, 5) is 16.7. The molecule has 154 valence electrons. The number of anilines is 2. The maximum Gasteiger partial charge on any atom is 0.238 e. The molecule has 2 N–H and O–H groups in total. The van der Waals surface area contributed by atoms with Gasteiger partial charge in [0.15, 0.2) is 5.11 Å². The molecular formula is C22H28N4O2S. The number of hydrogen-bond donors (Lipinski definition) is 2. The van der Waals surface area contributed by atoms with Crippen LogP contribution in [-0.4, -0.2) is 60.2 Å². The number of hydrogen-bond acceptors (Lipinski definition) is 4. The quantitative estimate of drug-likeness (QED) is 0.709. The molecule has 1 saturated heterocycles. The van der Waals surface area contributed by atoms with Crippen molar-refractivity contribution in [3.63, 3.8) is 0 Å². The van der Waals surface area contributed by atoms with Gasteiger partial charge in [-0.15, -0.1) is 0 Å². The Balaban J connectivity index is 1.50. The molecule has 0 aromatic heterocycles. The molecule has 3 rings (SSSR count). The third-order valence-corrected chi connectivity index (χ3v) is 5.09. The van der Waals surface area contributed by atoms with E-state index in [2.05, 4.69) is 20.4 Å². The summed E-state index contributed by atoms with van der Waals surface area (Å²) in [6, 6.07) is 17.4. The van der Waals surface area contributed by atoms with E-state index in [0.717, 1.165) is 49.7 Å². The Morgan fingerprint density at radius 1 is 1.00 bits per heavy atom. The van der Waals surface area contributed by atoms with Crippen molar-refractivity contribution in [2.75, 3.05) is 50.0 Å². The highest BCUT2D eigenvalue weighted by molar-refractivity contribution is 7.80. The number of nitrogens with one attached hydrogen (secondary N) is 2. The van der Waals surface area contributed by atoms with Crippen molar-refractivity contribution in [3.05, 3.63) is 54.6 Å². The van der Waals surface area contributed by atoms with Crippen LogP contribution in [0.5, 0.6) is 5.75 Å². The van der Waals surface area contributed by atoms with Gasteiger partial charge < -0.3 is 20.3 Å². The molecule has 29 heavy (non-hydrogen) atoms. The zero-order valence-electron chi connectivity index (χ0n) is 16.8. The molecule has 1 aliphatic heterocycles. The number of para-hydroxylation sites is 3. The summed E-state index contributed by atoms with van der Waals surface area (Å²) >= 11 is 5.63. The zero-order valence-corrected chi connectivity index (χ0v) is 17.6. The lowest BCUT2D eigenvalue weighted by atomic mass is 10.3. The van der Waals surface area contributed by atoms with Gasteiger partial charge in [0.25, 0.3) is 0 Å². The maximum absolute atomic E-state index is 12.3. The summed E-state index contributed by atoms with van der Waals surface area (Å²) in [6.07, 6.45) is 0.952. The first-order chi connectivity index (χ1) is 14.2. The van der Waals surface area contributed by atoms with Crippen LogP contribution >= 0.6 is 12.2 Å². The lowest BCUT2D eigenvalue weighted by molar-refractivity contribution is -0.117. The van der Waals surface area contributed by atoms with E-state index in [-0.39, 0.29) is 5.91 Å². The minimum absolute atomic E-state index is 0.0102. The number of ether oxygens (including phenoxy) is 1. The molecule has 0 saturated carbocycles. The lowest BCUT2D eigenvalue weighted by Gasteiger charge is -2.25. The summed E-state index contributed by atoms with van der Waals surface area (Å²) in [5.74, 6) is 0.808. The highest BCUT2D eigenvalue weighted by Gasteiger charge is 2.19. The number of rotatable bonds is 6. The number of carbonyl (C=O) groups excluding carboxylic acids is 1. The molecule has 1 heterocycles. The molecule has 0 bridgehead atoms. The van der Waals surface area contributed by atoms with Crippen molar-refractivity contribution in [2.24, 2.45) is 0 Å². The third-order valence-electron chi connectivity index (χ3n) is 4.73. The number of benzene rings is 2. The lowest BCUT2D eigenvalue weighted by Crippen LogP contribution is -2.39. The summed E-state index contributed by atoms with van der Waals surface area (Å²) < 4.78 is 5.67. The maximum atomic E-state index is 12.3. The van der Waals surface area contributed by atoms with Crippen molar-refractivity contribution in [2.45, 2.75) is 13.3 Å². The molecule has 0 spiro atoms. The van der Waals surface area contributed by atoms with Crippen molar-refractivity contribution < 1.29 is 9.53 Å². The second-order valence-corrected chi connectivity index (χ2v) is 7.28. The Hall–Kier alpha value is -2.64. The third kappa shape index (κ3) is 6.44. The molecule has 6 nitrogen and oxygen atoms in total. The molecule has 2 aromatic carbocycles. The van der Waals surface area contributed by atoms with Crippen LogP contribution < -0.4 is 15.4 Å². The fraction of sp³-hybridized carbons (Fsp3) is 0.364. The van der Waals surface area contributed by atoms with Crippen molar-refractivity contribution in [1.29, 1.82) is 0 Å². The molecule has 0 atom stereocenters. The van der Waals surface area contributed by atoms with Gasteiger partial charge in [0.05, 0.1) is 18.8 Å². The van der Waals surface area contributed by atoms with Gasteiger partial charge in [-0.05, 0) is 49.8 Å². The first kappa shape index (κ1) is 21.1. The van der Waals surface area contributed by atoms with Crippen LogP contribution in [0.15, 0.2) is 54.6 Å². The van der Waals surface area contributed by atoms with Crippen LogP contribution in [0.4, 0.5) is 11.4 Å². The molecule has 1 aliphatic rings. The van der Waals surface area contributed by atoms with Crippen LogP contribution in [0.25, 0.3) is 0 Å². The van der Waals surface area contributed by atoms with Gasteiger partial charge in [-0.3, -0.25) is 9.69 Å². The van der Waals surface area contributed by atoms with E-state index < -0.39 is 0 Å². The molecule has 7 heteroatoms. The molecule has 2 aromatic rings. The van der Waals surface area contributed by atoms with Gasteiger partial charge in [0.2, 0.25) is 5.91 Å². The fourth-order valence-corrected chi connectivity index (χ4v) is 3.60. The SMILES string of the molecule is CCOc1ccccc1NC(=S)N1CCCN(CC(=O)Nc2ccccc2)CC1. The Kier molecular flexibility index (Phi) is 7.84. The van der Waals surface area contributed by atoms with Crippen LogP contribution in [0, 0.1) is 0 Å². The fourth-order valence-electron chi connectivity index (χ4n) is 3.30. The van der Waals surface area contributed by atoms with Crippen LogP contribution in [0.2, 0.25) is 0 Å². The van der Waals surface area contributed by atoms with Gasteiger partial charge in [-0.25, -0.2) is 0 Å². The second-order valence-electron chi connectivity index (χ2n) is 6.89. The summed E-state index contributed by atoms with van der Waals surface area (Å²) in [5.41, 5.74) is 1.70. The minimum atomic E-state index is 0.0102. The summed E-state index contributed by atoms with van der Waals surface area (Å²) in [7, 11) is 0. The first-order valence-corrected chi connectivity index (χ1v) is 10.4. The average Bonchev–Trinajstić information content (AvgIpc) is 2.96. The monoisotopic (exact) mass is 412 g/mol. The van der Waals surface area contributed by atoms with Crippen LogP contribution in [0.1, 0.15) is 13.3 Å². The normalized spacial score (nSPS) is 14.7. The van der Waals surface area contributed by atoms with Crippen LogP contribution in [-0.2, 0) is 4.79 Å². The van der Waals surface area contributed by atoms with E-state index in [4.69, 9.17) is 17.0 Å². The molecular weight excluding hydrogens is 384 g/mol. The second kappa shape index (κ2) is 10.8. The largest absolute Gasteiger partial charge is 0.492 e. The van der Waals surface area contributed by atoms with Gasteiger partial charge in [0.1, 0.15) is 5.75 Å². The smallest absolute Gasteiger partial charge is 0.238 e. The molecule has 1 fully saturated rings. The van der Waals surface area contributed by atoms with Crippen molar-refractivity contribution in [3.8, 4) is 5.75 Å². The van der Waals surface area contributed by atoms with Gasteiger partial charge in [-0.2, -0.15) is 0 Å². The zero-order chi connectivity index (χ0) is 20.5. The first-order valence-electron chi connectivity index (χ1n) is 10.0. The van der Waals surface area contributed by atoms with Crippen LogP contribution in [0.3, 0.4) is 0 Å². The van der Waals surface area contributed by atoms with Gasteiger partial charge in [0, 0.05) is 31.9 Å². The topological polar surface area (TPSA) is 56.8 Å². The van der Waals surface area contributed by atoms with Gasteiger partial charge in [-0.1, -0.05) is 30.3 Å². The standard InChI is InChI=1S/C22H28N4O2S/c1-2-28-20-12-7-6-11-19(20)24-22(29)26-14-8-13-25(15-16-26)17-21(27)23-18-9-4-3-5-10-18/h3-7,9-12H,2,8,13-17H2,1H3,(H,23,27)(H,24,29). The molecule has 0 radical (unpaired) electrons. The van der Waals surface area contributed by atoms with Crippen molar-refractivity contribution >= 4 is 34.6 Å². The number of carbonyl (C=O) groups is 1. The Morgan fingerprint density at radius 3 is 2.55 bits per heavy atom. The minimum Gasteiger partial charge on any atom is -0.492 e.